The van der Waals surface area contributed by atoms with Gasteiger partial charge in [-0.15, -0.1) is 0 Å². The quantitative estimate of drug-likeness (QED) is 0.595. The molecule has 1 saturated heterocycles. The lowest BCUT2D eigenvalue weighted by molar-refractivity contribution is -0.121. The maximum atomic E-state index is 13.0. The molecule has 0 aliphatic carbocycles. The summed E-state index contributed by atoms with van der Waals surface area (Å²) < 4.78 is 5.80. The molecule has 2 amide bonds. The van der Waals surface area contributed by atoms with Crippen LogP contribution < -0.4 is 10.6 Å². The van der Waals surface area contributed by atoms with Gasteiger partial charge < -0.3 is 20.0 Å². The average molecular weight is 441 g/mol. The fourth-order valence-corrected chi connectivity index (χ4v) is 3.97. The second kappa shape index (κ2) is 9.08. The first-order valence-corrected chi connectivity index (χ1v) is 10.8. The number of pyridine rings is 1. The third-order valence-electron chi connectivity index (χ3n) is 5.65. The van der Waals surface area contributed by atoms with Crippen molar-refractivity contribution >= 4 is 45.9 Å². The third kappa shape index (κ3) is 4.73. The molecule has 0 unspecified atom stereocenters. The number of rotatable bonds is 5. The number of hydrogen-bond donors (Lipinski definition) is 2. The summed E-state index contributed by atoms with van der Waals surface area (Å²) in [4.78, 5) is 32.4. The van der Waals surface area contributed by atoms with Crippen LogP contribution in [0.2, 0.25) is 5.02 Å². The number of benzene rings is 1. The van der Waals surface area contributed by atoms with E-state index in [0.29, 0.717) is 33.5 Å². The van der Waals surface area contributed by atoms with Crippen molar-refractivity contribution < 1.29 is 14.0 Å². The minimum Gasteiger partial charge on any atom is -0.449 e. The Morgan fingerprint density at radius 2 is 1.87 bits per heavy atom. The number of halogens is 1. The van der Waals surface area contributed by atoms with Gasteiger partial charge in [0.05, 0.1) is 5.02 Å². The molecule has 1 aliphatic rings. The van der Waals surface area contributed by atoms with Gasteiger partial charge in [0.2, 0.25) is 11.7 Å². The van der Waals surface area contributed by atoms with Gasteiger partial charge in [-0.1, -0.05) is 23.7 Å². The first-order valence-electron chi connectivity index (χ1n) is 10.4. The fourth-order valence-electron chi connectivity index (χ4n) is 3.86. The van der Waals surface area contributed by atoms with Crippen LogP contribution in [0.4, 0.5) is 11.5 Å². The molecular formula is C23H25ClN4O3. The van der Waals surface area contributed by atoms with E-state index in [0.717, 1.165) is 25.9 Å². The molecule has 7 nitrogen and oxygen atoms in total. The van der Waals surface area contributed by atoms with Crippen LogP contribution in [0.15, 0.2) is 47.0 Å². The van der Waals surface area contributed by atoms with Crippen molar-refractivity contribution in [1.29, 1.82) is 0 Å². The van der Waals surface area contributed by atoms with E-state index in [-0.39, 0.29) is 17.6 Å². The van der Waals surface area contributed by atoms with Crippen LogP contribution in [0, 0.1) is 5.92 Å². The minimum atomic E-state index is -0.490. The SMILES string of the molecule is CC(C)N1CCC(C(=O)Nc2c(C(=O)Nc3ccc(Cl)cn3)oc3ccccc23)CC1. The summed E-state index contributed by atoms with van der Waals surface area (Å²) in [5.41, 5.74) is 0.917. The molecule has 0 bridgehead atoms. The van der Waals surface area contributed by atoms with Crippen molar-refractivity contribution in [1.82, 2.24) is 9.88 Å². The van der Waals surface area contributed by atoms with E-state index in [2.05, 4.69) is 34.4 Å². The van der Waals surface area contributed by atoms with Gasteiger partial charge in [-0.3, -0.25) is 9.59 Å². The number of para-hydroxylation sites is 1. The maximum Gasteiger partial charge on any atom is 0.294 e. The Morgan fingerprint density at radius 3 is 2.55 bits per heavy atom. The number of likely N-dealkylation sites (tertiary alicyclic amines) is 1. The molecule has 3 aromatic rings. The van der Waals surface area contributed by atoms with E-state index in [9.17, 15) is 9.59 Å². The number of carbonyl (C=O) groups is 2. The van der Waals surface area contributed by atoms with Crippen LogP contribution in [0.1, 0.15) is 37.2 Å². The second-order valence-electron chi connectivity index (χ2n) is 8.01. The van der Waals surface area contributed by atoms with Crippen molar-refractivity contribution in [2.45, 2.75) is 32.7 Å². The molecule has 1 aliphatic heterocycles. The van der Waals surface area contributed by atoms with E-state index in [1.807, 2.05) is 18.2 Å². The average Bonchev–Trinajstić information content (AvgIpc) is 3.14. The monoisotopic (exact) mass is 440 g/mol. The van der Waals surface area contributed by atoms with Gasteiger partial charge in [0.1, 0.15) is 17.1 Å². The minimum absolute atomic E-state index is 0.0471. The summed E-state index contributed by atoms with van der Waals surface area (Å²) in [5.74, 6) is -0.291. The zero-order chi connectivity index (χ0) is 22.0. The summed E-state index contributed by atoms with van der Waals surface area (Å²) in [6.07, 6.45) is 3.02. The summed E-state index contributed by atoms with van der Waals surface area (Å²) in [6.45, 7) is 6.10. The molecule has 0 radical (unpaired) electrons. The molecule has 1 fully saturated rings. The number of carbonyl (C=O) groups excluding carboxylic acids is 2. The van der Waals surface area contributed by atoms with Gasteiger partial charge in [0.15, 0.2) is 0 Å². The largest absolute Gasteiger partial charge is 0.449 e. The lowest BCUT2D eigenvalue weighted by atomic mass is 9.95. The van der Waals surface area contributed by atoms with Gasteiger partial charge in [-0.25, -0.2) is 4.98 Å². The standard InChI is InChI=1S/C23H25ClN4O3/c1-14(2)28-11-9-15(10-12-28)22(29)27-20-17-5-3-4-6-18(17)31-21(20)23(30)26-19-8-7-16(24)13-25-19/h3-8,13-15H,9-12H2,1-2H3,(H,27,29)(H,25,26,30). The highest BCUT2D eigenvalue weighted by Gasteiger charge is 2.29. The molecule has 0 spiro atoms. The van der Waals surface area contributed by atoms with Crippen molar-refractivity contribution in [3.05, 3.63) is 53.4 Å². The molecule has 2 N–H and O–H groups in total. The van der Waals surface area contributed by atoms with E-state index in [4.69, 9.17) is 16.0 Å². The molecular weight excluding hydrogens is 416 g/mol. The van der Waals surface area contributed by atoms with E-state index in [1.54, 1.807) is 18.2 Å². The van der Waals surface area contributed by atoms with Crippen molar-refractivity contribution in [3.63, 3.8) is 0 Å². The van der Waals surface area contributed by atoms with Gasteiger partial charge >= 0.3 is 0 Å². The summed E-state index contributed by atoms with van der Waals surface area (Å²) in [7, 11) is 0. The summed E-state index contributed by atoms with van der Waals surface area (Å²) >= 11 is 5.86. The molecule has 8 heteroatoms. The number of fused-ring (bicyclic) bond motifs is 1. The highest BCUT2D eigenvalue weighted by Crippen LogP contribution is 2.32. The van der Waals surface area contributed by atoms with Crippen LogP contribution in [0.25, 0.3) is 11.0 Å². The molecule has 162 valence electrons. The third-order valence-corrected chi connectivity index (χ3v) is 5.87. The molecule has 1 aromatic carbocycles. The van der Waals surface area contributed by atoms with Crippen LogP contribution in [0.5, 0.6) is 0 Å². The molecule has 3 heterocycles. The number of amides is 2. The van der Waals surface area contributed by atoms with E-state index < -0.39 is 5.91 Å². The second-order valence-corrected chi connectivity index (χ2v) is 8.45. The van der Waals surface area contributed by atoms with Crippen LogP contribution in [-0.2, 0) is 4.79 Å². The summed E-state index contributed by atoms with van der Waals surface area (Å²) in [6, 6.07) is 11.0. The molecule has 2 aromatic heterocycles. The molecule has 4 rings (SSSR count). The van der Waals surface area contributed by atoms with Crippen LogP contribution in [-0.4, -0.2) is 40.8 Å². The first-order chi connectivity index (χ1) is 14.9. The van der Waals surface area contributed by atoms with Crippen molar-refractivity contribution in [2.75, 3.05) is 23.7 Å². The van der Waals surface area contributed by atoms with Crippen LogP contribution >= 0.6 is 11.6 Å². The number of nitrogens with one attached hydrogen (secondary N) is 2. The zero-order valence-electron chi connectivity index (χ0n) is 17.5. The predicted molar refractivity (Wildman–Crippen MR) is 121 cm³/mol. The Morgan fingerprint density at radius 1 is 1.13 bits per heavy atom. The first kappa shape index (κ1) is 21.3. The lowest BCUT2D eigenvalue weighted by Gasteiger charge is -2.33. The van der Waals surface area contributed by atoms with Gasteiger partial charge in [-0.05, 0) is 64.0 Å². The number of aromatic nitrogens is 1. The number of nitrogens with zero attached hydrogens (tertiary/aromatic N) is 2. The van der Waals surface area contributed by atoms with Gasteiger partial charge in [-0.2, -0.15) is 0 Å². The topological polar surface area (TPSA) is 87.5 Å². The van der Waals surface area contributed by atoms with Crippen LogP contribution in [0.3, 0.4) is 0 Å². The zero-order valence-corrected chi connectivity index (χ0v) is 18.3. The molecule has 31 heavy (non-hydrogen) atoms. The van der Waals surface area contributed by atoms with Crippen molar-refractivity contribution in [2.24, 2.45) is 5.92 Å². The number of anilines is 2. The Hall–Kier alpha value is -2.90. The molecule has 0 saturated carbocycles. The normalized spacial score (nSPS) is 15.4. The number of hydrogen-bond acceptors (Lipinski definition) is 5. The van der Waals surface area contributed by atoms with Gasteiger partial charge in [0.25, 0.3) is 5.91 Å². The Bertz CT molecular complexity index is 1090. The fraction of sp³-hybridized carbons (Fsp3) is 0.348. The lowest BCUT2D eigenvalue weighted by Crippen LogP contribution is -2.41. The Kier molecular flexibility index (Phi) is 6.25. The van der Waals surface area contributed by atoms with Crippen molar-refractivity contribution in [3.8, 4) is 0 Å². The smallest absolute Gasteiger partial charge is 0.294 e. The highest BCUT2D eigenvalue weighted by molar-refractivity contribution is 6.30. The maximum absolute atomic E-state index is 13.0. The van der Waals surface area contributed by atoms with E-state index in [1.165, 1.54) is 6.20 Å². The van der Waals surface area contributed by atoms with Gasteiger partial charge in [0, 0.05) is 23.5 Å². The van der Waals surface area contributed by atoms with E-state index >= 15 is 0 Å². The number of furan rings is 1. The Labute approximate surface area is 185 Å². The number of piperidine rings is 1. The molecule has 0 atom stereocenters. The predicted octanol–water partition coefficient (Wildman–Crippen LogP) is 4.79. The Balaban J connectivity index is 1.56. The highest BCUT2D eigenvalue weighted by atomic mass is 35.5. The summed E-state index contributed by atoms with van der Waals surface area (Å²) in [5, 5.41) is 6.82.